The van der Waals surface area contributed by atoms with Gasteiger partial charge in [-0.2, -0.15) is 0 Å². The van der Waals surface area contributed by atoms with Gasteiger partial charge in [0.25, 0.3) is 0 Å². The Kier molecular flexibility index (Phi) is 3.53. The van der Waals surface area contributed by atoms with Crippen LogP contribution in [0.3, 0.4) is 0 Å². The molecule has 0 saturated heterocycles. The van der Waals surface area contributed by atoms with E-state index in [1.54, 1.807) is 24.3 Å². The Hall–Kier alpha value is -1.49. The SMILES string of the molecule is O=C(C=C[N+](=O)[O-])c1ccc(Br)cc1. The number of nitro groups is 1. The molecule has 4 nitrogen and oxygen atoms in total. The van der Waals surface area contributed by atoms with Crippen LogP contribution in [0.1, 0.15) is 10.4 Å². The minimum atomic E-state index is -0.670. The van der Waals surface area contributed by atoms with Crippen LogP contribution in [-0.4, -0.2) is 10.7 Å². The monoisotopic (exact) mass is 255 g/mol. The number of halogens is 1. The molecule has 0 saturated carbocycles. The standard InChI is InChI=1S/C9H6BrNO3/c10-8-3-1-7(2-4-8)9(12)5-6-11(13)14/h1-6H. The third kappa shape index (κ3) is 3.10. The summed E-state index contributed by atoms with van der Waals surface area (Å²) in [4.78, 5) is 20.5. The maximum atomic E-state index is 11.3. The average molecular weight is 256 g/mol. The first-order chi connectivity index (χ1) is 6.59. The largest absolute Gasteiger partial charge is 0.289 e. The predicted octanol–water partition coefficient (Wildman–Crippen LogP) is 2.42. The van der Waals surface area contributed by atoms with E-state index in [0.717, 1.165) is 10.5 Å². The van der Waals surface area contributed by atoms with Gasteiger partial charge in [0, 0.05) is 10.0 Å². The molecule has 0 unspecified atom stereocenters. The van der Waals surface area contributed by atoms with Crippen LogP contribution in [0.5, 0.6) is 0 Å². The lowest BCUT2D eigenvalue weighted by atomic mass is 10.1. The van der Waals surface area contributed by atoms with Crippen LogP contribution >= 0.6 is 15.9 Å². The molecular weight excluding hydrogens is 250 g/mol. The molecule has 0 aliphatic rings. The normalized spacial score (nSPS) is 10.4. The topological polar surface area (TPSA) is 60.2 Å². The highest BCUT2D eigenvalue weighted by molar-refractivity contribution is 9.10. The van der Waals surface area contributed by atoms with E-state index in [4.69, 9.17) is 0 Å². The lowest BCUT2D eigenvalue weighted by Crippen LogP contribution is -1.95. The molecule has 0 fully saturated rings. The van der Waals surface area contributed by atoms with Gasteiger partial charge in [0.15, 0.2) is 5.78 Å². The van der Waals surface area contributed by atoms with Crippen molar-refractivity contribution >= 4 is 21.7 Å². The summed E-state index contributed by atoms with van der Waals surface area (Å²) in [5, 5.41) is 9.95. The Morgan fingerprint density at radius 1 is 1.36 bits per heavy atom. The molecule has 0 radical (unpaired) electrons. The third-order valence-corrected chi connectivity index (χ3v) is 2.01. The van der Waals surface area contributed by atoms with Gasteiger partial charge >= 0.3 is 0 Å². The quantitative estimate of drug-likeness (QED) is 0.361. The molecular formula is C9H6BrNO3. The van der Waals surface area contributed by atoms with Crippen molar-refractivity contribution in [3.63, 3.8) is 0 Å². The molecule has 0 amide bonds. The van der Waals surface area contributed by atoms with Crippen molar-refractivity contribution in [2.45, 2.75) is 0 Å². The van der Waals surface area contributed by atoms with E-state index in [0.29, 0.717) is 11.8 Å². The molecule has 0 atom stereocenters. The molecule has 1 rings (SSSR count). The summed E-state index contributed by atoms with van der Waals surface area (Å²) in [6, 6.07) is 6.59. The lowest BCUT2D eigenvalue weighted by molar-refractivity contribution is -0.402. The smallest absolute Gasteiger partial charge is 0.238 e. The van der Waals surface area contributed by atoms with Crippen LogP contribution in [0.2, 0.25) is 0 Å². The summed E-state index contributed by atoms with van der Waals surface area (Å²) in [6.45, 7) is 0. The van der Waals surface area contributed by atoms with E-state index in [2.05, 4.69) is 15.9 Å². The Morgan fingerprint density at radius 2 is 1.93 bits per heavy atom. The number of carbonyl (C=O) groups excluding carboxylic acids is 1. The number of hydrogen-bond donors (Lipinski definition) is 0. The molecule has 1 aromatic rings. The van der Waals surface area contributed by atoms with Gasteiger partial charge in [-0.05, 0) is 24.3 Å². The van der Waals surface area contributed by atoms with Gasteiger partial charge in [-0.25, -0.2) is 0 Å². The number of nitrogens with zero attached hydrogens (tertiary/aromatic N) is 1. The number of allylic oxidation sites excluding steroid dienone is 1. The van der Waals surface area contributed by atoms with E-state index in [1.807, 2.05) is 0 Å². The predicted molar refractivity (Wildman–Crippen MR) is 54.6 cm³/mol. The average Bonchev–Trinajstić information content (AvgIpc) is 2.15. The van der Waals surface area contributed by atoms with Crippen molar-refractivity contribution in [1.29, 1.82) is 0 Å². The minimum Gasteiger partial charge on any atom is -0.289 e. The van der Waals surface area contributed by atoms with Gasteiger partial charge in [0.05, 0.1) is 11.0 Å². The molecule has 0 heterocycles. The van der Waals surface area contributed by atoms with Crippen molar-refractivity contribution in [2.75, 3.05) is 0 Å². The van der Waals surface area contributed by atoms with Crippen LogP contribution in [-0.2, 0) is 0 Å². The fourth-order valence-electron chi connectivity index (χ4n) is 0.839. The molecule has 0 N–H and O–H groups in total. The van der Waals surface area contributed by atoms with Gasteiger partial charge in [-0.15, -0.1) is 0 Å². The van der Waals surface area contributed by atoms with Crippen molar-refractivity contribution in [3.8, 4) is 0 Å². The zero-order valence-electron chi connectivity index (χ0n) is 7.01. The van der Waals surface area contributed by atoms with Crippen molar-refractivity contribution < 1.29 is 9.72 Å². The summed E-state index contributed by atoms with van der Waals surface area (Å²) < 4.78 is 0.854. The fraction of sp³-hybridized carbons (Fsp3) is 0. The minimum absolute atomic E-state index is 0.380. The van der Waals surface area contributed by atoms with Gasteiger partial charge < -0.3 is 0 Å². The molecule has 72 valence electrons. The van der Waals surface area contributed by atoms with Crippen molar-refractivity contribution in [1.82, 2.24) is 0 Å². The molecule has 1 aromatic carbocycles. The summed E-state index contributed by atoms with van der Waals surface area (Å²) in [5.74, 6) is -0.380. The Balaban J connectivity index is 2.80. The molecule has 0 aliphatic carbocycles. The molecule has 5 heteroatoms. The van der Waals surface area contributed by atoms with E-state index in [9.17, 15) is 14.9 Å². The molecule has 14 heavy (non-hydrogen) atoms. The Morgan fingerprint density at radius 3 is 2.43 bits per heavy atom. The second-order valence-electron chi connectivity index (χ2n) is 2.47. The van der Waals surface area contributed by atoms with Crippen LogP contribution in [0.25, 0.3) is 0 Å². The molecule has 0 aromatic heterocycles. The van der Waals surface area contributed by atoms with Crippen LogP contribution < -0.4 is 0 Å². The van der Waals surface area contributed by atoms with Crippen molar-refractivity contribution in [2.24, 2.45) is 0 Å². The highest BCUT2D eigenvalue weighted by atomic mass is 79.9. The molecule has 0 bridgehead atoms. The Bertz CT molecular complexity index is 384. The first-order valence-electron chi connectivity index (χ1n) is 3.71. The van der Waals surface area contributed by atoms with Gasteiger partial charge in [0.2, 0.25) is 6.20 Å². The summed E-state index contributed by atoms with van der Waals surface area (Å²) in [7, 11) is 0. The number of carbonyl (C=O) groups is 1. The number of benzene rings is 1. The second kappa shape index (κ2) is 4.66. The second-order valence-corrected chi connectivity index (χ2v) is 3.39. The lowest BCUT2D eigenvalue weighted by Gasteiger charge is -1.94. The van der Waals surface area contributed by atoms with E-state index < -0.39 is 4.92 Å². The fourth-order valence-corrected chi connectivity index (χ4v) is 1.10. The van der Waals surface area contributed by atoms with Crippen LogP contribution in [0.15, 0.2) is 41.0 Å². The summed E-state index contributed by atoms with van der Waals surface area (Å²) >= 11 is 3.22. The maximum absolute atomic E-state index is 11.3. The molecule has 0 spiro atoms. The highest BCUT2D eigenvalue weighted by Crippen LogP contribution is 2.11. The van der Waals surface area contributed by atoms with E-state index in [-0.39, 0.29) is 5.78 Å². The first-order valence-corrected chi connectivity index (χ1v) is 4.50. The summed E-state index contributed by atoms with van der Waals surface area (Å²) in [5.41, 5.74) is 0.423. The van der Waals surface area contributed by atoms with Crippen LogP contribution in [0, 0.1) is 10.1 Å². The summed E-state index contributed by atoms with van der Waals surface area (Å²) in [6.07, 6.45) is 1.56. The van der Waals surface area contributed by atoms with E-state index in [1.165, 1.54) is 0 Å². The van der Waals surface area contributed by atoms with Gasteiger partial charge in [-0.3, -0.25) is 14.9 Å². The van der Waals surface area contributed by atoms with Crippen LogP contribution in [0.4, 0.5) is 0 Å². The van der Waals surface area contributed by atoms with Crippen molar-refractivity contribution in [3.05, 3.63) is 56.7 Å². The van der Waals surface area contributed by atoms with Gasteiger partial charge in [0.1, 0.15) is 0 Å². The number of rotatable bonds is 3. The number of ketones is 1. The number of hydrogen-bond acceptors (Lipinski definition) is 3. The third-order valence-electron chi connectivity index (χ3n) is 1.48. The zero-order chi connectivity index (χ0) is 10.6. The Labute approximate surface area is 88.5 Å². The molecule has 0 aliphatic heterocycles. The highest BCUT2D eigenvalue weighted by Gasteiger charge is 2.02. The van der Waals surface area contributed by atoms with Gasteiger partial charge in [-0.1, -0.05) is 15.9 Å². The maximum Gasteiger partial charge on any atom is 0.238 e. The zero-order valence-corrected chi connectivity index (χ0v) is 8.60. The van der Waals surface area contributed by atoms with E-state index >= 15 is 0 Å². The first kappa shape index (κ1) is 10.6.